The highest BCUT2D eigenvalue weighted by Gasteiger charge is 2.20. The Morgan fingerprint density at radius 1 is 1.21 bits per heavy atom. The van der Waals surface area contributed by atoms with Crippen molar-refractivity contribution in [2.45, 2.75) is 25.4 Å². The quantitative estimate of drug-likeness (QED) is 0.922. The molecule has 0 saturated heterocycles. The monoisotopic (exact) mass is 267 g/mol. The van der Waals surface area contributed by atoms with Crippen LogP contribution in [0.4, 0.5) is 13.2 Å². The maximum absolute atomic E-state index is 13.6. The number of rotatable bonds is 4. The molecule has 3 nitrogen and oxygen atoms in total. The van der Waals surface area contributed by atoms with Crippen LogP contribution in [0.25, 0.3) is 5.69 Å². The van der Waals surface area contributed by atoms with E-state index in [4.69, 9.17) is 0 Å². The zero-order chi connectivity index (χ0) is 13.4. The second-order valence-corrected chi connectivity index (χ2v) is 4.62. The van der Waals surface area contributed by atoms with E-state index in [1.165, 1.54) is 6.20 Å². The molecule has 1 aromatic carbocycles. The minimum absolute atomic E-state index is 0.362. The largest absolute Gasteiger partial charge is 0.308 e. The van der Waals surface area contributed by atoms with Gasteiger partial charge in [-0.3, -0.25) is 0 Å². The maximum atomic E-state index is 13.6. The Balaban J connectivity index is 1.85. The molecule has 0 radical (unpaired) electrons. The van der Waals surface area contributed by atoms with Gasteiger partial charge in [0, 0.05) is 30.9 Å². The molecule has 1 heterocycles. The third-order valence-electron chi connectivity index (χ3n) is 3.00. The van der Waals surface area contributed by atoms with Gasteiger partial charge in [-0.2, -0.15) is 5.10 Å². The molecule has 1 aliphatic carbocycles. The Bertz CT molecular complexity index is 582. The molecule has 0 unspecified atom stereocenters. The maximum Gasteiger partial charge on any atom is 0.154 e. The SMILES string of the molecule is Fc1cc(F)c(-n2ccc(CNC3CC3)n2)c(F)c1. The molecule has 1 saturated carbocycles. The highest BCUT2D eigenvalue weighted by Crippen LogP contribution is 2.20. The van der Waals surface area contributed by atoms with Gasteiger partial charge in [-0.05, 0) is 18.9 Å². The molecule has 0 spiro atoms. The molecular weight excluding hydrogens is 255 g/mol. The molecule has 1 fully saturated rings. The van der Waals surface area contributed by atoms with Crippen LogP contribution in [0, 0.1) is 17.5 Å². The van der Waals surface area contributed by atoms with E-state index in [9.17, 15) is 13.2 Å². The normalized spacial score (nSPS) is 14.9. The summed E-state index contributed by atoms with van der Waals surface area (Å²) in [6.45, 7) is 0.558. The van der Waals surface area contributed by atoms with Gasteiger partial charge >= 0.3 is 0 Å². The van der Waals surface area contributed by atoms with Gasteiger partial charge in [-0.1, -0.05) is 0 Å². The van der Waals surface area contributed by atoms with E-state index in [1.807, 2.05) is 0 Å². The molecule has 3 rings (SSSR count). The summed E-state index contributed by atoms with van der Waals surface area (Å²) in [5.41, 5.74) is 0.328. The predicted molar refractivity (Wildman–Crippen MR) is 63.3 cm³/mol. The van der Waals surface area contributed by atoms with Gasteiger partial charge in [0.2, 0.25) is 0 Å². The van der Waals surface area contributed by atoms with Gasteiger partial charge in [0.05, 0.1) is 5.69 Å². The first-order valence-corrected chi connectivity index (χ1v) is 6.06. The summed E-state index contributed by atoms with van der Waals surface area (Å²) in [6, 6.07) is 3.49. The lowest BCUT2D eigenvalue weighted by Gasteiger charge is -2.05. The van der Waals surface area contributed by atoms with E-state index in [0.29, 0.717) is 30.4 Å². The Morgan fingerprint density at radius 3 is 2.53 bits per heavy atom. The molecule has 1 N–H and O–H groups in total. The summed E-state index contributed by atoms with van der Waals surface area (Å²) in [5.74, 6) is -2.88. The lowest BCUT2D eigenvalue weighted by Crippen LogP contribution is -2.16. The second kappa shape index (κ2) is 4.70. The summed E-state index contributed by atoms with van der Waals surface area (Å²) in [6.07, 6.45) is 3.77. The third kappa shape index (κ3) is 2.63. The number of aromatic nitrogens is 2. The molecular formula is C13H12F3N3. The first kappa shape index (κ1) is 12.2. The summed E-state index contributed by atoms with van der Waals surface area (Å²) >= 11 is 0. The fourth-order valence-corrected chi connectivity index (χ4v) is 1.87. The first-order chi connectivity index (χ1) is 9.13. The average molecular weight is 267 g/mol. The molecule has 1 aliphatic rings. The Morgan fingerprint density at radius 2 is 1.89 bits per heavy atom. The Labute approximate surface area is 108 Å². The van der Waals surface area contributed by atoms with Crippen molar-refractivity contribution in [3.63, 3.8) is 0 Å². The third-order valence-corrected chi connectivity index (χ3v) is 3.00. The number of halogens is 3. The topological polar surface area (TPSA) is 29.9 Å². The smallest absolute Gasteiger partial charge is 0.154 e. The van der Waals surface area contributed by atoms with E-state index >= 15 is 0 Å². The Kier molecular flexibility index (Phi) is 3.02. The van der Waals surface area contributed by atoms with Gasteiger partial charge in [0.25, 0.3) is 0 Å². The van der Waals surface area contributed by atoms with Crippen LogP contribution in [0.2, 0.25) is 0 Å². The van der Waals surface area contributed by atoms with Crippen molar-refractivity contribution in [2.75, 3.05) is 0 Å². The van der Waals surface area contributed by atoms with Crippen molar-refractivity contribution in [3.8, 4) is 5.69 Å². The van der Waals surface area contributed by atoms with Crippen LogP contribution in [-0.2, 0) is 6.54 Å². The summed E-state index contributed by atoms with van der Waals surface area (Å²) in [4.78, 5) is 0. The van der Waals surface area contributed by atoms with E-state index in [2.05, 4.69) is 10.4 Å². The number of hydrogen-bond acceptors (Lipinski definition) is 2. The minimum Gasteiger partial charge on any atom is -0.308 e. The number of nitrogens with zero attached hydrogens (tertiary/aromatic N) is 2. The average Bonchev–Trinajstić information content (AvgIpc) is 3.05. The van der Waals surface area contributed by atoms with E-state index in [-0.39, 0.29) is 5.69 Å². The van der Waals surface area contributed by atoms with Crippen LogP contribution in [0.15, 0.2) is 24.4 Å². The molecule has 0 amide bonds. The summed E-state index contributed by atoms with van der Waals surface area (Å²) in [5, 5.41) is 7.34. The van der Waals surface area contributed by atoms with Crippen LogP contribution < -0.4 is 5.32 Å². The standard InChI is InChI=1S/C13H12F3N3/c14-8-5-11(15)13(12(16)6-8)19-4-3-10(18-19)7-17-9-1-2-9/h3-6,9,17H,1-2,7H2. The van der Waals surface area contributed by atoms with Gasteiger partial charge in [-0.15, -0.1) is 0 Å². The van der Waals surface area contributed by atoms with Crippen LogP contribution in [-0.4, -0.2) is 15.8 Å². The van der Waals surface area contributed by atoms with E-state index in [1.54, 1.807) is 6.07 Å². The van der Waals surface area contributed by atoms with Crippen molar-refractivity contribution in [2.24, 2.45) is 0 Å². The molecule has 0 atom stereocenters. The zero-order valence-corrected chi connectivity index (χ0v) is 10.0. The summed E-state index contributed by atoms with van der Waals surface area (Å²) in [7, 11) is 0. The molecule has 6 heteroatoms. The van der Waals surface area contributed by atoms with Crippen molar-refractivity contribution in [1.82, 2.24) is 15.1 Å². The second-order valence-electron chi connectivity index (χ2n) is 4.62. The van der Waals surface area contributed by atoms with Crippen LogP contribution >= 0.6 is 0 Å². The highest BCUT2D eigenvalue weighted by molar-refractivity contribution is 5.35. The number of benzene rings is 1. The zero-order valence-electron chi connectivity index (χ0n) is 10.0. The van der Waals surface area contributed by atoms with Crippen molar-refractivity contribution < 1.29 is 13.2 Å². The molecule has 0 bridgehead atoms. The van der Waals surface area contributed by atoms with Crippen LogP contribution in [0.3, 0.4) is 0 Å². The van der Waals surface area contributed by atoms with Gasteiger partial charge in [0.15, 0.2) is 11.6 Å². The van der Waals surface area contributed by atoms with Gasteiger partial charge < -0.3 is 5.32 Å². The molecule has 0 aliphatic heterocycles. The Hall–Kier alpha value is -1.82. The molecule has 1 aromatic heterocycles. The minimum atomic E-state index is -0.970. The molecule has 2 aromatic rings. The lowest BCUT2D eigenvalue weighted by atomic mass is 10.3. The fraction of sp³-hybridized carbons (Fsp3) is 0.308. The van der Waals surface area contributed by atoms with Gasteiger partial charge in [0.1, 0.15) is 11.5 Å². The van der Waals surface area contributed by atoms with Crippen molar-refractivity contribution in [1.29, 1.82) is 0 Å². The predicted octanol–water partition coefficient (Wildman–Crippen LogP) is 2.54. The van der Waals surface area contributed by atoms with Gasteiger partial charge in [-0.25, -0.2) is 17.9 Å². The fourth-order valence-electron chi connectivity index (χ4n) is 1.87. The highest BCUT2D eigenvalue weighted by atomic mass is 19.1. The first-order valence-electron chi connectivity index (χ1n) is 6.06. The summed E-state index contributed by atoms with van der Waals surface area (Å²) < 4.78 is 41.1. The van der Waals surface area contributed by atoms with Crippen molar-refractivity contribution >= 4 is 0 Å². The van der Waals surface area contributed by atoms with E-state index < -0.39 is 17.5 Å². The van der Waals surface area contributed by atoms with Crippen molar-refractivity contribution in [3.05, 3.63) is 47.5 Å². The number of nitrogens with one attached hydrogen (secondary N) is 1. The lowest BCUT2D eigenvalue weighted by molar-refractivity contribution is 0.527. The van der Waals surface area contributed by atoms with Crippen LogP contribution in [0.1, 0.15) is 18.5 Å². The van der Waals surface area contributed by atoms with E-state index in [0.717, 1.165) is 17.5 Å². The molecule has 100 valence electrons. The molecule has 19 heavy (non-hydrogen) atoms. The van der Waals surface area contributed by atoms with Crippen LogP contribution in [0.5, 0.6) is 0 Å². The number of hydrogen-bond donors (Lipinski definition) is 1.